The Kier molecular flexibility index (Phi) is 8.65. The van der Waals surface area contributed by atoms with Gasteiger partial charge in [-0.15, -0.1) is 0 Å². The normalized spacial score (nSPS) is 31.9. The Labute approximate surface area is 207 Å². The van der Waals surface area contributed by atoms with E-state index in [2.05, 4.69) is 26.8 Å². The number of hydrogen-bond donors (Lipinski definition) is 5. The third kappa shape index (κ3) is 5.42. The molecule has 1 aromatic rings. The van der Waals surface area contributed by atoms with Crippen molar-refractivity contribution in [2.75, 3.05) is 0 Å². The summed E-state index contributed by atoms with van der Waals surface area (Å²) in [6.07, 6.45) is 0.890. The molecule has 2 aliphatic rings. The lowest BCUT2D eigenvalue weighted by molar-refractivity contribution is -0.0413. The van der Waals surface area contributed by atoms with Crippen LogP contribution in [0, 0.1) is 11.8 Å². The van der Waals surface area contributed by atoms with Crippen LogP contribution in [0.15, 0.2) is 34.3 Å². The summed E-state index contributed by atoms with van der Waals surface area (Å²) in [6.45, 7) is 10.6. The summed E-state index contributed by atoms with van der Waals surface area (Å²) < 4.78 is 7.64. The second kappa shape index (κ2) is 11.0. The van der Waals surface area contributed by atoms with Gasteiger partial charge in [0.25, 0.3) is 5.56 Å². The van der Waals surface area contributed by atoms with Crippen LogP contribution < -0.4 is 5.56 Å². The number of aromatic nitrogens is 1. The minimum absolute atomic E-state index is 0.0366. The van der Waals surface area contributed by atoms with Crippen molar-refractivity contribution >= 4 is 0 Å². The van der Waals surface area contributed by atoms with Gasteiger partial charge in [-0.2, -0.15) is 0 Å². The minimum atomic E-state index is -1.57. The number of aromatic hydroxyl groups is 1. The first kappa shape index (κ1) is 27.6. The van der Waals surface area contributed by atoms with Crippen LogP contribution in [0.25, 0.3) is 0 Å². The summed E-state index contributed by atoms with van der Waals surface area (Å²) in [5.41, 5.74) is 1.75. The van der Waals surface area contributed by atoms with Gasteiger partial charge in [0.05, 0.1) is 30.0 Å². The van der Waals surface area contributed by atoms with Crippen molar-refractivity contribution in [3.05, 3.63) is 51.0 Å². The summed E-state index contributed by atoms with van der Waals surface area (Å²) >= 11 is 0. The smallest absolute Gasteiger partial charge is 0.259 e. The largest absolute Gasteiger partial charge is 0.507 e. The molecule has 1 fully saturated rings. The zero-order chi connectivity index (χ0) is 26.2. The van der Waals surface area contributed by atoms with Crippen molar-refractivity contribution in [2.45, 2.75) is 96.4 Å². The van der Waals surface area contributed by atoms with E-state index in [0.29, 0.717) is 18.3 Å². The summed E-state index contributed by atoms with van der Waals surface area (Å²) in [7, 11) is 1.51. The molecule has 1 aliphatic carbocycles. The zero-order valence-corrected chi connectivity index (χ0v) is 21.5. The fourth-order valence-corrected chi connectivity index (χ4v) is 5.49. The first-order valence-corrected chi connectivity index (χ1v) is 12.5. The van der Waals surface area contributed by atoms with Gasteiger partial charge in [0.1, 0.15) is 18.0 Å². The van der Waals surface area contributed by atoms with Crippen molar-refractivity contribution < 1.29 is 30.3 Å². The number of aryl methyl sites for hydroxylation is 1. The number of rotatable bonds is 7. The van der Waals surface area contributed by atoms with Gasteiger partial charge in [-0.1, -0.05) is 39.3 Å². The van der Waals surface area contributed by atoms with Crippen LogP contribution in [0.5, 0.6) is 5.75 Å². The van der Waals surface area contributed by atoms with Gasteiger partial charge in [0.2, 0.25) is 0 Å². The Balaban J connectivity index is 1.96. The number of pyridine rings is 1. The molecule has 0 amide bonds. The Morgan fingerprint density at radius 3 is 2.34 bits per heavy atom. The second-order valence-corrected chi connectivity index (χ2v) is 10.6. The third-order valence-electron chi connectivity index (χ3n) is 7.68. The van der Waals surface area contributed by atoms with Crippen LogP contribution in [0.2, 0.25) is 0 Å². The quantitative estimate of drug-likeness (QED) is 0.370. The van der Waals surface area contributed by atoms with E-state index in [1.165, 1.54) is 17.8 Å². The van der Waals surface area contributed by atoms with Gasteiger partial charge in [-0.25, -0.2) is 0 Å². The number of nitrogens with zero attached hydrogens (tertiary/aromatic N) is 1. The SMILES string of the molecule is CC[C@@H](C)C[C@H](C)/C=C(\C)[C@@H]1O[C@H](c2c(O)c(C3[C@H](O)[C@H](O)[C@H](O)[C@H]3O)cn(C)c2=O)CC=C1C. The molecule has 5 N–H and O–H groups in total. The number of allylic oxidation sites excluding steroid dienone is 1. The van der Waals surface area contributed by atoms with E-state index in [-0.39, 0.29) is 23.0 Å². The van der Waals surface area contributed by atoms with Gasteiger partial charge < -0.3 is 34.8 Å². The Bertz CT molecular complexity index is 1020. The highest BCUT2D eigenvalue weighted by molar-refractivity contribution is 5.44. The minimum Gasteiger partial charge on any atom is -0.507 e. The molecule has 0 bridgehead atoms. The Morgan fingerprint density at radius 2 is 1.77 bits per heavy atom. The van der Waals surface area contributed by atoms with E-state index in [4.69, 9.17) is 4.74 Å². The average molecular weight is 492 g/mol. The number of aliphatic hydroxyl groups excluding tert-OH is 4. The van der Waals surface area contributed by atoms with E-state index >= 15 is 0 Å². The van der Waals surface area contributed by atoms with E-state index in [1.807, 2.05) is 19.9 Å². The molecule has 2 heterocycles. The Hall–Kier alpha value is -1.97. The highest BCUT2D eigenvalue weighted by atomic mass is 16.5. The molecule has 35 heavy (non-hydrogen) atoms. The van der Waals surface area contributed by atoms with Crippen molar-refractivity contribution in [3.63, 3.8) is 0 Å². The monoisotopic (exact) mass is 491 g/mol. The van der Waals surface area contributed by atoms with Gasteiger partial charge in [0, 0.05) is 24.7 Å². The van der Waals surface area contributed by atoms with E-state index < -0.39 is 42.0 Å². The molecule has 9 atom stereocenters. The highest BCUT2D eigenvalue weighted by Crippen LogP contribution is 2.43. The van der Waals surface area contributed by atoms with Crippen LogP contribution in [0.3, 0.4) is 0 Å². The lowest BCUT2D eigenvalue weighted by atomic mass is 9.89. The number of aliphatic hydroxyl groups is 4. The second-order valence-electron chi connectivity index (χ2n) is 10.6. The Morgan fingerprint density at radius 1 is 1.17 bits per heavy atom. The topological polar surface area (TPSA) is 132 Å². The van der Waals surface area contributed by atoms with Crippen LogP contribution in [-0.4, -0.2) is 60.6 Å². The fraction of sp³-hybridized carbons (Fsp3) is 0.667. The van der Waals surface area contributed by atoms with E-state index in [1.54, 1.807) is 0 Å². The van der Waals surface area contributed by atoms with Crippen molar-refractivity contribution in [3.8, 4) is 5.75 Å². The first-order valence-electron chi connectivity index (χ1n) is 12.5. The molecule has 196 valence electrons. The molecule has 0 radical (unpaired) electrons. The lowest BCUT2D eigenvalue weighted by Gasteiger charge is -2.32. The molecule has 0 saturated heterocycles. The summed E-state index contributed by atoms with van der Waals surface area (Å²) in [6, 6.07) is 0. The van der Waals surface area contributed by atoms with Gasteiger partial charge >= 0.3 is 0 Å². The molecule has 3 rings (SSSR count). The first-order chi connectivity index (χ1) is 16.4. The van der Waals surface area contributed by atoms with Gasteiger partial charge in [0.15, 0.2) is 0 Å². The van der Waals surface area contributed by atoms with Gasteiger partial charge in [-0.05, 0) is 49.7 Å². The van der Waals surface area contributed by atoms with Crippen LogP contribution in [0.4, 0.5) is 0 Å². The predicted octanol–water partition coefficient (Wildman–Crippen LogP) is 2.43. The van der Waals surface area contributed by atoms with Crippen molar-refractivity contribution in [1.29, 1.82) is 0 Å². The van der Waals surface area contributed by atoms with Crippen LogP contribution in [-0.2, 0) is 11.8 Å². The zero-order valence-electron chi connectivity index (χ0n) is 21.5. The van der Waals surface area contributed by atoms with E-state index in [9.17, 15) is 30.3 Å². The molecule has 0 aromatic carbocycles. The molecule has 1 unspecified atom stereocenters. The summed E-state index contributed by atoms with van der Waals surface area (Å²) in [5.74, 6) is -0.563. The van der Waals surface area contributed by atoms with Crippen molar-refractivity contribution in [2.24, 2.45) is 18.9 Å². The number of hydrogen-bond acceptors (Lipinski definition) is 7. The molecule has 1 saturated carbocycles. The summed E-state index contributed by atoms with van der Waals surface area (Å²) in [5, 5.41) is 52.1. The van der Waals surface area contributed by atoms with E-state index in [0.717, 1.165) is 24.0 Å². The number of ether oxygens (including phenoxy) is 1. The fourth-order valence-electron chi connectivity index (χ4n) is 5.49. The lowest BCUT2D eigenvalue weighted by Crippen LogP contribution is -2.32. The molecule has 8 nitrogen and oxygen atoms in total. The van der Waals surface area contributed by atoms with Crippen LogP contribution in [0.1, 0.15) is 77.0 Å². The predicted molar refractivity (Wildman–Crippen MR) is 133 cm³/mol. The maximum absolute atomic E-state index is 13.1. The molecular formula is C27H41NO7. The molecule has 1 aromatic heterocycles. The van der Waals surface area contributed by atoms with Crippen LogP contribution >= 0.6 is 0 Å². The maximum Gasteiger partial charge on any atom is 0.259 e. The van der Waals surface area contributed by atoms with Gasteiger partial charge in [-0.3, -0.25) is 4.79 Å². The highest BCUT2D eigenvalue weighted by Gasteiger charge is 2.50. The molecule has 1 aliphatic heterocycles. The third-order valence-corrected chi connectivity index (χ3v) is 7.68. The summed E-state index contributed by atoms with van der Waals surface area (Å²) in [4.78, 5) is 13.1. The molecular weight excluding hydrogens is 450 g/mol. The standard InChI is InChI=1S/C27H41NO7/c1-7-13(2)10-14(3)11-16(5)26-15(4)8-9-18(35-26)20-21(29)17(12-28(6)27(20)34)19-22(30)24(32)25(33)23(19)31/h8,11-14,18-19,22-26,29-33H,7,9-10H2,1-6H3/b16-11+/t13-,14+,18+,19?,22+,23+,24-,25+,26-/m1/s1. The molecule has 8 heteroatoms. The average Bonchev–Trinajstić information content (AvgIpc) is 2.99. The maximum atomic E-state index is 13.1. The molecule has 0 spiro atoms. The van der Waals surface area contributed by atoms with Crippen molar-refractivity contribution in [1.82, 2.24) is 4.57 Å².